The van der Waals surface area contributed by atoms with Crippen LogP contribution in [0.5, 0.6) is 0 Å². The van der Waals surface area contributed by atoms with Crippen LogP contribution in [0.15, 0.2) is 0 Å². The molecule has 0 aromatic rings. The second-order valence-electron chi connectivity index (χ2n) is 2.28. The second kappa shape index (κ2) is 3.08. The van der Waals surface area contributed by atoms with E-state index < -0.39 is 24.0 Å². The molecule has 0 aliphatic rings. The van der Waals surface area contributed by atoms with Gasteiger partial charge >= 0.3 is 6.18 Å². The van der Waals surface area contributed by atoms with E-state index >= 15 is 0 Å². The Labute approximate surface area is 61.5 Å². The molecule has 0 radical (unpaired) electrons. The van der Waals surface area contributed by atoms with Crippen LogP contribution in [0.1, 0.15) is 6.92 Å². The molecule has 2 unspecified atom stereocenters. The highest BCUT2D eigenvalue weighted by Crippen LogP contribution is 2.27. The molecule has 66 valence electrons. The fraction of sp³-hybridized carbons (Fsp3) is 0.800. The van der Waals surface area contributed by atoms with Crippen molar-refractivity contribution in [1.82, 2.24) is 0 Å². The van der Waals surface area contributed by atoms with Crippen LogP contribution >= 0.6 is 0 Å². The lowest BCUT2D eigenvalue weighted by Crippen LogP contribution is -2.46. The van der Waals surface area contributed by atoms with E-state index in [0.29, 0.717) is 0 Å². The molecule has 4 N–H and O–H groups in total. The molecule has 0 aliphatic carbocycles. The summed E-state index contributed by atoms with van der Waals surface area (Å²) < 4.78 is 35.5. The van der Waals surface area contributed by atoms with E-state index in [1.54, 1.807) is 0 Å². The summed E-state index contributed by atoms with van der Waals surface area (Å²) in [4.78, 5) is 10.2. The predicted molar refractivity (Wildman–Crippen MR) is 32.4 cm³/mol. The van der Waals surface area contributed by atoms with Gasteiger partial charge in [0.25, 0.3) is 0 Å². The Morgan fingerprint density at radius 1 is 1.45 bits per heavy atom. The standard InChI is InChI=1S/C5H9F3N2O/c1-2(9)3(4(10)11)5(6,7)8/h2-3H,9H2,1H3,(H2,10,11). The zero-order valence-electron chi connectivity index (χ0n) is 5.85. The number of carbonyl (C=O) groups excluding carboxylic acids is 1. The average molecular weight is 170 g/mol. The summed E-state index contributed by atoms with van der Waals surface area (Å²) in [5, 5.41) is 0. The Kier molecular flexibility index (Phi) is 2.86. The first-order valence-corrected chi connectivity index (χ1v) is 2.88. The largest absolute Gasteiger partial charge is 0.401 e. The van der Waals surface area contributed by atoms with Crippen molar-refractivity contribution in [2.24, 2.45) is 17.4 Å². The van der Waals surface area contributed by atoms with Crippen LogP contribution in [0.25, 0.3) is 0 Å². The molecular formula is C5H9F3N2O. The molecular weight excluding hydrogens is 161 g/mol. The van der Waals surface area contributed by atoms with Gasteiger partial charge in [0, 0.05) is 6.04 Å². The third-order valence-corrected chi connectivity index (χ3v) is 1.18. The van der Waals surface area contributed by atoms with Gasteiger partial charge in [0.15, 0.2) is 0 Å². The highest BCUT2D eigenvalue weighted by atomic mass is 19.4. The molecule has 0 rings (SSSR count). The lowest BCUT2D eigenvalue weighted by molar-refractivity contribution is -0.183. The highest BCUT2D eigenvalue weighted by molar-refractivity contribution is 5.78. The van der Waals surface area contributed by atoms with E-state index in [1.807, 2.05) is 0 Å². The third kappa shape index (κ3) is 2.75. The van der Waals surface area contributed by atoms with Gasteiger partial charge in [-0.25, -0.2) is 0 Å². The smallest absolute Gasteiger partial charge is 0.369 e. The Morgan fingerprint density at radius 2 is 1.82 bits per heavy atom. The maximum absolute atomic E-state index is 11.8. The molecule has 6 heteroatoms. The number of halogens is 3. The van der Waals surface area contributed by atoms with Crippen molar-refractivity contribution in [3.8, 4) is 0 Å². The number of hydrogen-bond donors (Lipinski definition) is 2. The molecule has 0 saturated heterocycles. The molecule has 0 aromatic carbocycles. The SMILES string of the molecule is CC(N)C(C(N)=O)C(F)(F)F. The number of carbonyl (C=O) groups is 1. The second-order valence-corrected chi connectivity index (χ2v) is 2.28. The van der Waals surface area contributed by atoms with Crippen molar-refractivity contribution in [3.05, 3.63) is 0 Å². The fourth-order valence-corrected chi connectivity index (χ4v) is 0.719. The molecule has 0 aliphatic heterocycles. The third-order valence-electron chi connectivity index (χ3n) is 1.18. The van der Waals surface area contributed by atoms with Crippen LogP contribution in [-0.4, -0.2) is 18.1 Å². The maximum Gasteiger partial charge on any atom is 0.401 e. The molecule has 0 fully saturated rings. The minimum atomic E-state index is -4.64. The Bertz CT molecular complexity index is 154. The van der Waals surface area contributed by atoms with Gasteiger partial charge in [-0.1, -0.05) is 0 Å². The Morgan fingerprint density at radius 3 is 1.82 bits per heavy atom. The van der Waals surface area contributed by atoms with Crippen molar-refractivity contribution >= 4 is 5.91 Å². The molecule has 1 amide bonds. The Hall–Kier alpha value is -0.780. The van der Waals surface area contributed by atoms with Crippen molar-refractivity contribution in [2.75, 3.05) is 0 Å². The van der Waals surface area contributed by atoms with Gasteiger partial charge in [-0.15, -0.1) is 0 Å². The van der Waals surface area contributed by atoms with Gasteiger partial charge in [-0.05, 0) is 6.92 Å². The van der Waals surface area contributed by atoms with E-state index in [4.69, 9.17) is 5.73 Å². The van der Waals surface area contributed by atoms with Gasteiger partial charge in [-0.3, -0.25) is 4.79 Å². The number of rotatable bonds is 2. The van der Waals surface area contributed by atoms with Crippen molar-refractivity contribution in [2.45, 2.75) is 19.1 Å². The number of nitrogens with two attached hydrogens (primary N) is 2. The zero-order valence-corrected chi connectivity index (χ0v) is 5.85. The predicted octanol–water partition coefficient (Wildman–Crippen LogP) is -0.00260. The van der Waals surface area contributed by atoms with Crippen LogP contribution < -0.4 is 11.5 Å². The quantitative estimate of drug-likeness (QED) is 0.612. The number of alkyl halides is 3. The summed E-state index contributed by atoms with van der Waals surface area (Å²) in [5.74, 6) is -3.69. The summed E-state index contributed by atoms with van der Waals surface area (Å²) in [5.41, 5.74) is 9.39. The monoisotopic (exact) mass is 170 g/mol. The van der Waals surface area contributed by atoms with Gasteiger partial charge in [-0.2, -0.15) is 13.2 Å². The van der Waals surface area contributed by atoms with E-state index in [0.717, 1.165) is 6.92 Å². The molecule has 0 aromatic heterocycles. The number of hydrogen-bond acceptors (Lipinski definition) is 2. The van der Waals surface area contributed by atoms with E-state index in [2.05, 4.69) is 5.73 Å². The van der Waals surface area contributed by atoms with E-state index in [1.165, 1.54) is 0 Å². The van der Waals surface area contributed by atoms with Gasteiger partial charge in [0.1, 0.15) is 5.92 Å². The maximum atomic E-state index is 11.8. The summed E-state index contributed by atoms with van der Waals surface area (Å²) in [6.45, 7) is 1.09. The van der Waals surface area contributed by atoms with Crippen LogP contribution in [-0.2, 0) is 4.79 Å². The van der Waals surface area contributed by atoms with Gasteiger partial charge < -0.3 is 11.5 Å². The number of primary amides is 1. The zero-order chi connectivity index (χ0) is 9.23. The van der Waals surface area contributed by atoms with E-state index in [-0.39, 0.29) is 0 Å². The van der Waals surface area contributed by atoms with Crippen molar-refractivity contribution < 1.29 is 18.0 Å². The summed E-state index contributed by atoms with van der Waals surface area (Å²) in [6.07, 6.45) is -4.64. The topological polar surface area (TPSA) is 69.1 Å². The first-order chi connectivity index (χ1) is 4.76. The average Bonchev–Trinajstić information content (AvgIpc) is 1.54. The van der Waals surface area contributed by atoms with Crippen LogP contribution in [0.2, 0.25) is 0 Å². The molecule has 0 spiro atoms. The first-order valence-electron chi connectivity index (χ1n) is 2.88. The normalized spacial score (nSPS) is 17.5. The molecule has 3 nitrogen and oxygen atoms in total. The van der Waals surface area contributed by atoms with Gasteiger partial charge in [0.2, 0.25) is 5.91 Å². The fourth-order valence-electron chi connectivity index (χ4n) is 0.719. The van der Waals surface area contributed by atoms with Crippen molar-refractivity contribution in [1.29, 1.82) is 0 Å². The minimum absolute atomic E-state index is 1.09. The highest BCUT2D eigenvalue weighted by Gasteiger charge is 2.45. The summed E-state index contributed by atoms with van der Waals surface area (Å²) >= 11 is 0. The number of amides is 1. The van der Waals surface area contributed by atoms with Crippen LogP contribution in [0, 0.1) is 5.92 Å². The molecule has 2 atom stereocenters. The first kappa shape index (κ1) is 10.2. The van der Waals surface area contributed by atoms with Gasteiger partial charge in [0.05, 0.1) is 0 Å². The van der Waals surface area contributed by atoms with E-state index in [9.17, 15) is 18.0 Å². The lowest BCUT2D eigenvalue weighted by Gasteiger charge is -2.19. The van der Waals surface area contributed by atoms with Crippen molar-refractivity contribution in [3.63, 3.8) is 0 Å². The minimum Gasteiger partial charge on any atom is -0.369 e. The Balaban J connectivity index is 4.49. The van der Waals surface area contributed by atoms with Crippen LogP contribution in [0.3, 0.4) is 0 Å². The molecule has 0 heterocycles. The summed E-state index contributed by atoms with van der Waals surface area (Å²) in [7, 11) is 0. The molecule has 0 bridgehead atoms. The van der Waals surface area contributed by atoms with Crippen LogP contribution in [0.4, 0.5) is 13.2 Å². The molecule has 11 heavy (non-hydrogen) atoms. The lowest BCUT2D eigenvalue weighted by atomic mass is 10.0. The molecule has 0 saturated carbocycles. The summed E-state index contributed by atoms with van der Waals surface area (Å²) in [6, 6.07) is -1.30.